The van der Waals surface area contributed by atoms with E-state index in [9.17, 15) is 17.6 Å². The van der Waals surface area contributed by atoms with Gasteiger partial charge in [-0.2, -0.15) is 13.2 Å². The van der Waals surface area contributed by atoms with Crippen molar-refractivity contribution in [3.05, 3.63) is 59.4 Å². The molecule has 38 heavy (non-hydrogen) atoms. The van der Waals surface area contributed by atoms with E-state index < -0.39 is 17.9 Å². The molecule has 3 saturated carbocycles. The van der Waals surface area contributed by atoms with Crippen LogP contribution in [0.1, 0.15) is 120 Å². The minimum absolute atomic E-state index is 0.148. The fourth-order valence-electron chi connectivity index (χ4n) is 7.44. The summed E-state index contributed by atoms with van der Waals surface area (Å²) in [4.78, 5) is 0. The van der Waals surface area contributed by atoms with Crippen LogP contribution in [0.25, 0.3) is 0 Å². The van der Waals surface area contributed by atoms with Gasteiger partial charge in [-0.1, -0.05) is 56.2 Å². The van der Waals surface area contributed by atoms with E-state index in [1.165, 1.54) is 82.6 Å². The number of aryl methyl sites for hydroxylation is 1. The number of alkyl halides is 3. The number of benzene rings is 1. The fourth-order valence-corrected chi connectivity index (χ4v) is 7.44. The van der Waals surface area contributed by atoms with Crippen LogP contribution in [0.4, 0.5) is 17.6 Å². The highest BCUT2D eigenvalue weighted by Gasteiger charge is 2.32. The Hall–Kier alpha value is -1.58. The lowest BCUT2D eigenvalue weighted by Crippen LogP contribution is -2.25. The van der Waals surface area contributed by atoms with Crippen LogP contribution in [-0.2, 0) is 6.42 Å². The van der Waals surface area contributed by atoms with Gasteiger partial charge in [-0.3, -0.25) is 0 Å². The lowest BCUT2D eigenvalue weighted by molar-refractivity contribution is -0.0820. The van der Waals surface area contributed by atoms with Gasteiger partial charge in [0.1, 0.15) is 5.83 Å². The summed E-state index contributed by atoms with van der Waals surface area (Å²) in [6.07, 6.45) is 18.3. The Morgan fingerprint density at radius 3 is 1.79 bits per heavy atom. The predicted octanol–water partition coefficient (Wildman–Crippen LogP) is 11.3. The number of halogens is 4. The maximum Gasteiger partial charge on any atom is 0.412 e. The zero-order valence-corrected chi connectivity index (χ0v) is 23.3. The average Bonchev–Trinajstić information content (AvgIpc) is 2.92. The highest BCUT2D eigenvalue weighted by Crippen LogP contribution is 2.44. The number of hydrogen-bond donors (Lipinski definition) is 0. The molecule has 0 radical (unpaired) electrons. The monoisotopic (exact) mass is 532 g/mol. The fraction of sp³-hybridized carbons (Fsp3) is 0.706. The van der Waals surface area contributed by atoms with Crippen molar-refractivity contribution in [3.8, 4) is 0 Å². The van der Waals surface area contributed by atoms with Crippen LogP contribution in [-0.4, -0.2) is 6.18 Å². The van der Waals surface area contributed by atoms with Gasteiger partial charge >= 0.3 is 6.18 Å². The second-order valence-corrected chi connectivity index (χ2v) is 12.6. The molecule has 0 nitrogen and oxygen atoms in total. The van der Waals surface area contributed by atoms with Crippen molar-refractivity contribution in [2.75, 3.05) is 0 Å². The van der Waals surface area contributed by atoms with Gasteiger partial charge in [-0.15, -0.1) is 0 Å². The van der Waals surface area contributed by atoms with Gasteiger partial charge in [0.05, 0.1) is 6.08 Å². The first kappa shape index (κ1) is 29.4. The molecule has 0 aliphatic heterocycles. The molecule has 4 heteroatoms. The Morgan fingerprint density at radius 1 is 0.737 bits per heavy atom. The van der Waals surface area contributed by atoms with Crippen molar-refractivity contribution in [1.82, 2.24) is 0 Å². The van der Waals surface area contributed by atoms with Gasteiger partial charge in [-0.05, 0) is 131 Å². The van der Waals surface area contributed by atoms with E-state index in [0.29, 0.717) is 24.7 Å². The molecule has 0 amide bonds. The Balaban J connectivity index is 1.14. The van der Waals surface area contributed by atoms with E-state index in [2.05, 4.69) is 43.3 Å². The first-order valence-electron chi connectivity index (χ1n) is 15.5. The van der Waals surface area contributed by atoms with Crippen LogP contribution in [0, 0.1) is 29.6 Å². The van der Waals surface area contributed by atoms with E-state index in [1.807, 2.05) is 0 Å². The molecule has 3 aliphatic rings. The second kappa shape index (κ2) is 14.2. The summed E-state index contributed by atoms with van der Waals surface area (Å²) in [5, 5.41) is 0. The minimum atomic E-state index is -4.56. The zero-order chi connectivity index (χ0) is 27.0. The summed E-state index contributed by atoms with van der Waals surface area (Å²) in [5.74, 6) is 1.99. The molecule has 3 fully saturated rings. The van der Waals surface area contributed by atoms with Crippen LogP contribution in [0.3, 0.4) is 0 Å². The Labute approximate surface area is 228 Å². The van der Waals surface area contributed by atoms with Crippen molar-refractivity contribution < 1.29 is 17.6 Å². The molecule has 0 heterocycles. The smallest absolute Gasteiger partial charge is 0.212 e. The molecule has 0 aromatic heterocycles. The topological polar surface area (TPSA) is 0 Å². The molecule has 0 N–H and O–H groups in total. The molecule has 4 rings (SSSR count). The van der Waals surface area contributed by atoms with Crippen molar-refractivity contribution >= 4 is 0 Å². The van der Waals surface area contributed by atoms with Crippen molar-refractivity contribution in [2.24, 2.45) is 29.6 Å². The van der Waals surface area contributed by atoms with Gasteiger partial charge < -0.3 is 0 Å². The maximum atomic E-state index is 13.9. The molecule has 0 bridgehead atoms. The summed E-state index contributed by atoms with van der Waals surface area (Å²) in [6, 6.07) is 9.51. The summed E-state index contributed by atoms with van der Waals surface area (Å²) in [6.45, 7) is 2.26. The summed E-state index contributed by atoms with van der Waals surface area (Å²) in [7, 11) is 0. The molecule has 0 saturated heterocycles. The molecule has 1 aromatic rings. The predicted molar refractivity (Wildman–Crippen MR) is 150 cm³/mol. The molecule has 3 aliphatic carbocycles. The third kappa shape index (κ3) is 8.98. The van der Waals surface area contributed by atoms with E-state index in [-0.39, 0.29) is 6.08 Å². The van der Waals surface area contributed by atoms with Crippen molar-refractivity contribution in [3.63, 3.8) is 0 Å². The lowest BCUT2D eigenvalue weighted by Gasteiger charge is -2.37. The normalized spacial score (nSPS) is 31.6. The molecular weight excluding hydrogens is 484 g/mol. The summed E-state index contributed by atoms with van der Waals surface area (Å²) in [5.41, 5.74) is 3.03. The molecule has 1 aromatic carbocycles. The van der Waals surface area contributed by atoms with Crippen molar-refractivity contribution in [2.45, 2.75) is 122 Å². The largest absolute Gasteiger partial charge is 0.412 e. The second-order valence-electron chi connectivity index (χ2n) is 12.6. The summed E-state index contributed by atoms with van der Waals surface area (Å²) < 4.78 is 51.1. The highest BCUT2D eigenvalue weighted by molar-refractivity contribution is 5.26. The van der Waals surface area contributed by atoms with Crippen LogP contribution in [0.2, 0.25) is 0 Å². The third-order valence-electron chi connectivity index (χ3n) is 9.89. The third-order valence-corrected chi connectivity index (χ3v) is 9.89. The lowest BCUT2D eigenvalue weighted by atomic mass is 9.68. The Kier molecular flexibility index (Phi) is 11.0. The number of allylic oxidation sites excluding steroid dienone is 4. The van der Waals surface area contributed by atoms with E-state index in [1.54, 1.807) is 5.56 Å². The average molecular weight is 533 g/mol. The standard InChI is InChI=1S/C34H48F4/c1-2-3-4-5-25-8-14-28(15-9-25)30-20-22-31(23-21-30)29-16-10-26(11-17-29)6-7-27-12-18-32(19-13-27)33(35)24-34(36,37)38/h6-9,14-15,24,26-27,29-32H,2-5,10-13,16-23H2,1H3. The van der Waals surface area contributed by atoms with Crippen LogP contribution >= 0.6 is 0 Å². The summed E-state index contributed by atoms with van der Waals surface area (Å²) >= 11 is 0. The van der Waals surface area contributed by atoms with Crippen molar-refractivity contribution in [1.29, 1.82) is 0 Å². The Bertz CT molecular complexity index is 872. The minimum Gasteiger partial charge on any atom is -0.212 e. The highest BCUT2D eigenvalue weighted by atomic mass is 19.4. The van der Waals surface area contributed by atoms with Gasteiger partial charge in [0.2, 0.25) is 0 Å². The number of hydrogen-bond acceptors (Lipinski definition) is 0. The first-order chi connectivity index (χ1) is 18.3. The van der Waals surface area contributed by atoms with E-state index in [4.69, 9.17) is 0 Å². The molecule has 212 valence electrons. The van der Waals surface area contributed by atoms with Gasteiger partial charge in [0.25, 0.3) is 0 Å². The first-order valence-corrected chi connectivity index (χ1v) is 15.5. The molecule has 0 atom stereocenters. The molecule has 0 spiro atoms. The maximum absolute atomic E-state index is 13.9. The van der Waals surface area contributed by atoms with E-state index in [0.717, 1.165) is 30.6 Å². The quantitative estimate of drug-likeness (QED) is 0.168. The van der Waals surface area contributed by atoms with Gasteiger partial charge in [0.15, 0.2) is 0 Å². The number of unbranched alkanes of at least 4 members (excludes halogenated alkanes) is 2. The molecule has 0 unspecified atom stereocenters. The Morgan fingerprint density at radius 2 is 1.26 bits per heavy atom. The SMILES string of the molecule is CCCCCc1ccc(C2CCC(C3CCC(C=CC4CCC(C(F)=CC(F)(F)F)CC4)CC3)CC2)cc1. The van der Waals surface area contributed by atoms with Gasteiger partial charge in [-0.25, -0.2) is 4.39 Å². The van der Waals surface area contributed by atoms with Gasteiger partial charge in [0, 0.05) is 5.92 Å². The van der Waals surface area contributed by atoms with Crippen LogP contribution < -0.4 is 0 Å². The van der Waals surface area contributed by atoms with E-state index >= 15 is 0 Å². The zero-order valence-electron chi connectivity index (χ0n) is 23.3. The van der Waals surface area contributed by atoms with Crippen LogP contribution in [0.5, 0.6) is 0 Å². The van der Waals surface area contributed by atoms with Crippen LogP contribution in [0.15, 0.2) is 48.3 Å². The molecular formula is C34H48F4. The number of rotatable bonds is 9.